The predicted octanol–water partition coefficient (Wildman–Crippen LogP) is 3.01. The number of hydrogen-bond acceptors (Lipinski definition) is 4. The van der Waals surface area contributed by atoms with Crippen LogP contribution in [-0.4, -0.2) is 36.1 Å². The molecule has 0 aromatic carbocycles. The summed E-state index contributed by atoms with van der Waals surface area (Å²) in [4.78, 5) is 8.93. The lowest BCUT2D eigenvalue weighted by atomic mass is 9.98. The van der Waals surface area contributed by atoms with Gasteiger partial charge in [-0.05, 0) is 38.9 Å². The molecule has 0 spiro atoms. The zero-order chi connectivity index (χ0) is 13.7. The molecule has 0 saturated heterocycles. The molecular formula is C15H27N3S. The number of aryl methyl sites for hydroxylation is 1. The van der Waals surface area contributed by atoms with Gasteiger partial charge < -0.3 is 10.2 Å². The van der Waals surface area contributed by atoms with Crippen molar-refractivity contribution in [2.45, 2.75) is 52.5 Å². The summed E-state index contributed by atoms with van der Waals surface area (Å²) in [5, 5.41) is 4.91. The highest BCUT2D eigenvalue weighted by molar-refractivity contribution is 7.11. The molecule has 19 heavy (non-hydrogen) atoms. The van der Waals surface area contributed by atoms with Crippen LogP contribution < -0.4 is 5.32 Å². The molecular weight excluding hydrogens is 254 g/mol. The van der Waals surface area contributed by atoms with Crippen molar-refractivity contribution in [2.24, 2.45) is 0 Å². The van der Waals surface area contributed by atoms with Gasteiger partial charge in [-0.25, -0.2) is 4.98 Å². The first-order valence-corrected chi connectivity index (χ1v) is 8.54. The number of rotatable bonds is 7. The molecule has 1 aliphatic rings. The first-order valence-electron chi connectivity index (χ1n) is 7.72. The average Bonchev–Trinajstić information content (AvgIpc) is 2.84. The molecule has 0 bridgehead atoms. The molecule has 2 rings (SSSR count). The molecule has 1 aromatic rings. The Balaban J connectivity index is 2.00. The van der Waals surface area contributed by atoms with E-state index < -0.39 is 0 Å². The molecule has 0 fully saturated rings. The fourth-order valence-electron chi connectivity index (χ4n) is 2.81. The zero-order valence-electron chi connectivity index (χ0n) is 12.5. The van der Waals surface area contributed by atoms with E-state index >= 15 is 0 Å². The number of aromatic nitrogens is 1. The molecule has 0 radical (unpaired) electrons. The maximum Gasteiger partial charge on any atom is 0.0944 e. The summed E-state index contributed by atoms with van der Waals surface area (Å²) in [5.41, 5.74) is 1.35. The van der Waals surface area contributed by atoms with Gasteiger partial charge in [0.2, 0.25) is 0 Å². The van der Waals surface area contributed by atoms with Crippen molar-refractivity contribution in [3.63, 3.8) is 0 Å². The molecule has 3 nitrogen and oxygen atoms in total. The minimum absolute atomic E-state index is 0.507. The molecule has 1 atom stereocenters. The molecule has 1 unspecified atom stereocenters. The number of nitrogens with one attached hydrogen (secondary N) is 1. The van der Waals surface area contributed by atoms with Crippen LogP contribution in [0.15, 0.2) is 0 Å². The van der Waals surface area contributed by atoms with Crippen molar-refractivity contribution in [2.75, 3.05) is 26.2 Å². The van der Waals surface area contributed by atoms with E-state index in [-0.39, 0.29) is 0 Å². The van der Waals surface area contributed by atoms with Gasteiger partial charge in [0.05, 0.1) is 16.7 Å². The summed E-state index contributed by atoms with van der Waals surface area (Å²) in [7, 11) is 0. The monoisotopic (exact) mass is 281 g/mol. The number of nitrogens with zero attached hydrogens (tertiary/aromatic N) is 2. The smallest absolute Gasteiger partial charge is 0.0944 e. The third-order valence-electron chi connectivity index (χ3n) is 3.99. The molecule has 1 aromatic heterocycles. The molecule has 0 saturated carbocycles. The lowest BCUT2D eigenvalue weighted by molar-refractivity contribution is 0.307. The Bertz CT molecular complexity index is 385. The average molecular weight is 281 g/mol. The summed E-state index contributed by atoms with van der Waals surface area (Å²) in [6, 6.07) is 0.507. The topological polar surface area (TPSA) is 28.2 Å². The number of likely N-dealkylation sites (N-methyl/N-ethyl adjacent to an activating group) is 1. The molecule has 108 valence electrons. The van der Waals surface area contributed by atoms with E-state index in [2.05, 4.69) is 31.0 Å². The van der Waals surface area contributed by atoms with E-state index in [1.807, 2.05) is 11.3 Å². The molecule has 0 amide bonds. The Morgan fingerprint density at radius 3 is 2.79 bits per heavy atom. The molecule has 1 N–H and O–H groups in total. The zero-order valence-corrected chi connectivity index (χ0v) is 13.4. The van der Waals surface area contributed by atoms with Crippen molar-refractivity contribution in [1.82, 2.24) is 15.2 Å². The molecule has 4 heteroatoms. The summed E-state index contributed by atoms with van der Waals surface area (Å²) < 4.78 is 0. The maximum absolute atomic E-state index is 4.92. The predicted molar refractivity (Wildman–Crippen MR) is 83.0 cm³/mol. The van der Waals surface area contributed by atoms with Crippen molar-refractivity contribution >= 4 is 11.3 Å². The summed E-state index contributed by atoms with van der Waals surface area (Å²) in [5.74, 6) is 0. The molecule has 1 heterocycles. The van der Waals surface area contributed by atoms with Crippen LogP contribution in [0.2, 0.25) is 0 Å². The minimum Gasteiger partial charge on any atom is -0.309 e. The lowest BCUT2D eigenvalue weighted by Crippen LogP contribution is -2.25. The standard InChI is InChI=1S/C15H27N3S/c1-4-16-12-8-7-9-13-15(12)17-14(19-13)10-11-18(5-2)6-3/h12,16H,4-11H2,1-3H3. The Labute approximate surface area is 121 Å². The van der Waals surface area contributed by atoms with Crippen molar-refractivity contribution in [3.8, 4) is 0 Å². The third-order valence-corrected chi connectivity index (χ3v) is 5.18. The van der Waals surface area contributed by atoms with Gasteiger partial charge in [0.25, 0.3) is 0 Å². The second-order valence-corrected chi connectivity index (χ2v) is 6.36. The fraction of sp³-hybridized carbons (Fsp3) is 0.800. The summed E-state index contributed by atoms with van der Waals surface area (Å²) in [6.45, 7) is 11.1. The van der Waals surface area contributed by atoms with E-state index in [0.717, 1.165) is 32.6 Å². The number of fused-ring (bicyclic) bond motifs is 1. The van der Waals surface area contributed by atoms with Gasteiger partial charge in [-0.2, -0.15) is 0 Å². The van der Waals surface area contributed by atoms with Crippen molar-refractivity contribution in [1.29, 1.82) is 0 Å². The van der Waals surface area contributed by atoms with Crippen LogP contribution in [0.1, 0.15) is 55.2 Å². The van der Waals surface area contributed by atoms with Crippen LogP contribution in [0.5, 0.6) is 0 Å². The second kappa shape index (κ2) is 7.36. The normalized spacial score (nSPS) is 18.8. The summed E-state index contributed by atoms with van der Waals surface area (Å²) in [6.07, 6.45) is 4.90. The first kappa shape index (κ1) is 14.9. The van der Waals surface area contributed by atoms with Crippen molar-refractivity contribution < 1.29 is 0 Å². The Morgan fingerprint density at radius 1 is 1.32 bits per heavy atom. The quantitative estimate of drug-likeness (QED) is 0.833. The molecule has 0 aliphatic heterocycles. The van der Waals surface area contributed by atoms with E-state index in [4.69, 9.17) is 4.98 Å². The van der Waals surface area contributed by atoms with Gasteiger partial charge in [0.1, 0.15) is 0 Å². The van der Waals surface area contributed by atoms with Crippen LogP contribution in [0.25, 0.3) is 0 Å². The van der Waals surface area contributed by atoms with E-state index in [1.165, 1.54) is 34.8 Å². The fourth-order valence-corrected chi connectivity index (χ4v) is 3.98. The van der Waals surface area contributed by atoms with Gasteiger partial charge in [0.15, 0.2) is 0 Å². The summed E-state index contributed by atoms with van der Waals surface area (Å²) >= 11 is 1.95. The highest BCUT2D eigenvalue weighted by Crippen LogP contribution is 2.33. The van der Waals surface area contributed by atoms with E-state index in [1.54, 1.807) is 0 Å². The minimum atomic E-state index is 0.507. The Hall–Kier alpha value is -0.450. The first-order chi connectivity index (χ1) is 9.28. The van der Waals surface area contributed by atoms with Gasteiger partial charge in [-0.3, -0.25) is 0 Å². The lowest BCUT2D eigenvalue weighted by Gasteiger charge is -2.21. The van der Waals surface area contributed by atoms with Crippen LogP contribution in [0, 0.1) is 0 Å². The number of thiazole rings is 1. The number of hydrogen-bond donors (Lipinski definition) is 1. The van der Waals surface area contributed by atoms with E-state index in [9.17, 15) is 0 Å². The van der Waals surface area contributed by atoms with Crippen LogP contribution in [0.4, 0.5) is 0 Å². The highest BCUT2D eigenvalue weighted by atomic mass is 32.1. The van der Waals surface area contributed by atoms with Crippen LogP contribution >= 0.6 is 11.3 Å². The van der Waals surface area contributed by atoms with Gasteiger partial charge >= 0.3 is 0 Å². The Morgan fingerprint density at radius 2 is 2.11 bits per heavy atom. The SMILES string of the molecule is CCNC1CCCc2sc(CCN(CC)CC)nc21. The maximum atomic E-state index is 4.92. The Kier molecular flexibility index (Phi) is 5.79. The van der Waals surface area contributed by atoms with Gasteiger partial charge in [0, 0.05) is 17.8 Å². The van der Waals surface area contributed by atoms with Gasteiger partial charge in [-0.15, -0.1) is 11.3 Å². The van der Waals surface area contributed by atoms with E-state index in [0.29, 0.717) is 6.04 Å². The molecule has 1 aliphatic carbocycles. The largest absolute Gasteiger partial charge is 0.309 e. The van der Waals surface area contributed by atoms with Crippen LogP contribution in [-0.2, 0) is 12.8 Å². The van der Waals surface area contributed by atoms with Gasteiger partial charge in [-0.1, -0.05) is 20.8 Å². The highest BCUT2D eigenvalue weighted by Gasteiger charge is 2.23. The van der Waals surface area contributed by atoms with Crippen LogP contribution in [0.3, 0.4) is 0 Å². The van der Waals surface area contributed by atoms with Crippen molar-refractivity contribution in [3.05, 3.63) is 15.6 Å². The second-order valence-electron chi connectivity index (χ2n) is 5.20. The third kappa shape index (κ3) is 3.77.